The van der Waals surface area contributed by atoms with Crippen LogP contribution >= 0.6 is 15.9 Å². The number of rotatable bonds is 7. The van der Waals surface area contributed by atoms with Gasteiger partial charge < -0.3 is 10.6 Å². The van der Waals surface area contributed by atoms with Crippen LogP contribution in [0.2, 0.25) is 0 Å². The zero-order valence-electron chi connectivity index (χ0n) is 12.4. The number of hydrogen-bond donors (Lipinski definition) is 2. The molecule has 0 fully saturated rings. The van der Waals surface area contributed by atoms with Crippen molar-refractivity contribution >= 4 is 31.6 Å². The molecule has 120 valence electrons. The minimum Gasteiger partial charge on any atom is -0.398 e. The van der Waals surface area contributed by atoms with Crippen molar-refractivity contribution in [3.05, 3.63) is 22.4 Å². The van der Waals surface area contributed by atoms with Crippen LogP contribution in [0.25, 0.3) is 0 Å². The Morgan fingerprint density at radius 3 is 2.48 bits per heavy atom. The molecule has 0 aliphatic heterocycles. The first-order chi connectivity index (χ1) is 9.71. The summed E-state index contributed by atoms with van der Waals surface area (Å²) < 4.78 is 40.6. The Morgan fingerprint density at radius 1 is 1.38 bits per heavy atom. The van der Waals surface area contributed by atoms with Gasteiger partial charge in [-0.25, -0.2) is 17.5 Å². The highest BCUT2D eigenvalue weighted by molar-refractivity contribution is 9.10. The molecule has 0 aliphatic carbocycles. The number of hydrogen-bond acceptors (Lipinski definition) is 4. The molecular weight excluding hydrogens is 361 g/mol. The minimum atomic E-state index is -3.79. The van der Waals surface area contributed by atoms with Gasteiger partial charge in [-0.3, -0.25) is 0 Å². The van der Waals surface area contributed by atoms with Crippen molar-refractivity contribution in [3.63, 3.8) is 0 Å². The van der Waals surface area contributed by atoms with E-state index in [0.29, 0.717) is 6.54 Å². The Bertz CT molecular complexity index is 591. The Kier molecular flexibility index (Phi) is 6.58. The molecule has 1 rings (SSSR count). The summed E-state index contributed by atoms with van der Waals surface area (Å²) in [5, 5.41) is 0. The van der Waals surface area contributed by atoms with E-state index >= 15 is 0 Å². The number of nitrogens with one attached hydrogen (secondary N) is 1. The number of nitrogens with two attached hydrogens (primary N) is 1. The lowest BCUT2D eigenvalue weighted by Gasteiger charge is -2.23. The third-order valence-electron chi connectivity index (χ3n) is 3.13. The third-order valence-corrected chi connectivity index (χ3v) is 5.38. The fraction of sp³-hybridized carbons (Fsp3) is 0.538. The van der Waals surface area contributed by atoms with Gasteiger partial charge in [0.1, 0.15) is 10.7 Å². The molecule has 1 aromatic rings. The summed E-state index contributed by atoms with van der Waals surface area (Å²) in [7, 11) is -3.79. The second kappa shape index (κ2) is 7.53. The fourth-order valence-electron chi connectivity index (χ4n) is 2.01. The molecule has 3 N–H and O–H groups in total. The first kappa shape index (κ1) is 18.3. The molecule has 0 aromatic heterocycles. The fourth-order valence-corrected chi connectivity index (χ4v) is 3.88. The van der Waals surface area contributed by atoms with Gasteiger partial charge in [0.15, 0.2) is 0 Å². The molecule has 21 heavy (non-hydrogen) atoms. The van der Waals surface area contributed by atoms with E-state index in [1.165, 1.54) is 6.07 Å². The lowest BCUT2D eigenvalue weighted by molar-refractivity contribution is 0.282. The maximum absolute atomic E-state index is 13.3. The van der Waals surface area contributed by atoms with Crippen molar-refractivity contribution in [2.24, 2.45) is 0 Å². The van der Waals surface area contributed by atoms with Gasteiger partial charge in [0.2, 0.25) is 10.0 Å². The molecule has 0 aliphatic rings. The molecule has 1 unspecified atom stereocenters. The number of nitrogen functional groups attached to an aromatic ring is 1. The van der Waals surface area contributed by atoms with E-state index in [4.69, 9.17) is 5.73 Å². The first-order valence-corrected chi connectivity index (χ1v) is 8.98. The lowest BCUT2D eigenvalue weighted by Crippen LogP contribution is -2.42. The average Bonchev–Trinajstić information content (AvgIpc) is 2.39. The predicted molar refractivity (Wildman–Crippen MR) is 86.1 cm³/mol. The molecule has 0 spiro atoms. The van der Waals surface area contributed by atoms with Crippen molar-refractivity contribution in [2.45, 2.75) is 31.7 Å². The minimum absolute atomic E-state index is 0.0634. The van der Waals surface area contributed by atoms with Crippen LogP contribution in [-0.4, -0.2) is 39.0 Å². The summed E-state index contributed by atoms with van der Waals surface area (Å²) in [6, 6.07) is 1.89. The Balaban J connectivity index is 2.94. The van der Waals surface area contributed by atoms with Gasteiger partial charge in [-0.15, -0.1) is 0 Å². The van der Waals surface area contributed by atoms with Crippen LogP contribution in [0.5, 0.6) is 0 Å². The molecule has 0 bridgehead atoms. The third kappa shape index (κ3) is 4.91. The van der Waals surface area contributed by atoms with Gasteiger partial charge >= 0.3 is 0 Å². The van der Waals surface area contributed by atoms with Crippen LogP contribution in [0.3, 0.4) is 0 Å². The smallest absolute Gasteiger partial charge is 0.242 e. The molecule has 0 heterocycles. The van der Waals surface area contributed by atoms with E-state index < -0.39 is 15.8 Å². The largest absolute Gasteiger partial charge is 0.398 e. The van der Waals surface area contributed by atoms with Crippen LogP contribution in [0.15, 0.2) is 21.5 Å². The SMILES string of the molecule is CCN(CC)CC(C)NS(=O)(=O)c1cc(Br)c(F)cc1N. The van der Waals surface area contributed by atoms with Crippen LogP contribution in [-0.2, 0) is 10.0 Å². The van der Waals surface area contributed by atoms with Gasteiger partial charge in [0, 0.05) is 12.6 Å². The van der Waals surface area contributed by atoms with E-state index in [1.54, 1.807) is 6.92 Å². The number of nitrogens with zero attached hydrogens (tertiary/aromatic N) is 1. The second-order valence-electron chi connectivity index (χ2n) is 4.81. The highest BCUT2D eigenvalue weighted by Crippen LogP contribution is 2.26. The summed E-state index contributed by atoms with van der Waals surface area (Å²) in [5.74, 6) is -0.595. The molecule has 0 radical (unpaired) electrons. The van der Waals surface area contributed by atoms with E-state index in [-0.39, 0.29) is 21.1 Å². The molecule has 1 aromatic carbocycles. The van der Waals surface area contributed by atoms with E-state index in [2.05, 4.69) is 25.6 Å². The zero-order chi connectivity index (χ0) is 16.2. The molecule has 8 heteroatoms. The summed E-state index contributed by atoms with van der Waals surface area (Å²) in [6.45, 7) is 8.08. The Hall–Kier alpha value is -0.700. The van der Waals surface area contributed by atoms with Gasteiger partial charge in [-0.1, -0.05) is 13.8 Å². The van der Waals surface area contributed by atoms with E-state index in [9.17, 15) is 12.8 Å². The first-order valence-electron chi connectivity index (χ1n) is 6.70. The molecular formula is C13H21BrFN3O2S. The number of anilines is 1. The summed E-state index contributed by atoms with van der Waals surface area (Å²) in [4.78, 5) is 1.99. The number of benzene rings is 1. The van der Waals surface area contributed by atoms with Crippen molar-refractivity contribution in [1.29, 1.82) is 0 Å². The Labute approximate surface area is 133 Å². The van der Waals surface area contributed by atoms with Crippen molar-refractivity contribution in [3.8, 4) is 0 Å². The highest BCUT2D eigenvalue weighted by atomic mass is 79.9. The highest BCUT2D eigenvalue weighted by Gasteiger charge is 2.22. The monoisotopic (exact) mass is 381 g/mol. The van der Waals surface area contributed by atoms with Crippen LogP contribution in [0, 0.1) is 5.82 Å². The van der Waals surface area contributed by atoms with Crippen molar-refractivity contribution in [2.75, 3.05) is 25.4 Å². The van der Waals surface area contributed by atoms with Crippen LogP contribution in [0.4, 0.5) is 10.1 Å². The van der Waals surface area contributed by atoms with Crippen molar-refractivity contribution < 1.29 is 12.8 Å². The standard InChI is InChI=1S/C13H21BrFN3O2S/c1-4-18(5-2)8-9(3)17-21(19,20)13-6-10(14)11(15)7-12(13)16/h6-7,9,17H,4-5,8,16H2,1-3H3. The molecule has 0 saturated carbocycles. The number of sulfonamides is 1. The average molecular weight is 382 g/mol. The van der Waals surface area contributed by atoms with Crippen molar-refractivity contribution in [1.82, 2.24) is 9.62 Å². The quantitative estimate of drug-likeness (QED) is 0.709. The molecule has 5 nitrogen and oxygen atoms in total. The number of likely N-dealkylation sites (N-methyl/N-ethyl adjacent to an activating group) is 1. The van der Waals surface area contributed by atoms with E-state index in [0.717, 1.165) is 19.2 Å². The van der Waals surface area contributed by atoms with Gasteiger partial charge in [-0.2, -0.15) is 0 Å². The summed E-state index contributed by atoms with van der Waals surface area (Å²) >= 11 is 2.97. The van der Waals surface area contributed by atoms with Gasteiger partial charge in [0.25, 0.3) is 0 Å². The summed E-state index contributed by atoms with van der Waals surface area (Å²) in [5.41, 5.74) is 5.50. The molecule has 0 saturated heterocycles. The maximum atomic E-state index is 13.3. The Morgan fingerprint density at radius 2 is 1.95 bits per heavy atom. The molecule has 0 amide bonds. The summed E-state index contributed by atoms with van der Waals surface area (Å²) in [6.07, 6.45) is 0. The van der Waals surface area contributed by atoms with Gasteiger partial charge in [0.05, 0.1) is 10.2 Å². The predicted octanol–water partition coefficient (Wildman–Crippen LogP) is 2.18. The van der Waals surface area contributed by atoms with Gasteiger partial charge in [-0.05, 0) is 48.1 Å². The van der Waals surface area contributed by atoms with Crippen LogP contribution in [0.1, 0.15) is 20.8 Å². The van der Waals surface area contributed by atoms with E-state index in [1.807, 2.05) is 13.8 Å². The maximum Gasteiger partial charge on any atom is 0.242 e. The molecule has 1 atom stereocenters. The van der Waals surface area contributed by atoms with Crippen LogP contribution < -0.4 is 10.5 Å². The topological polar surface area (TPSA) is 75.4 Å². The second-order valence-corrected chi connectivity index (χ2v) is 7.35. The lowest BCUT2D eigenvalue weighted by atomic mass is 10.3. The zero-order valence-corrected chi connectivity index (χ0v) is 14.8. The normalized spacial score (nSPS) is 13.6. The number of halogens is 2.